The monoisotopic (exact) mass is 314 g/mol. The van der Waals surface area contributed by atoms with Crippen molar-refractivity contribution in [3.05, 3.63) is 24.3 Å². The number of benzene rings is 1. The lowest BCUT2D eigenvalue weighted by Crippen LogP contribution is -2.36. The number of nitrogens with zero attached hydrogens (tertiary/aromatic N) is 4. The van der Waals surface area contributed by atoms with E-state index in [0.717, 1.165) is 17.8 Å². The molecule has 3 rings (SSSR count). The molecule has 7 heteroatoms. The van der Waals surface area contributed by atoms with Gasteiger partial charge in [0.25, 0.3) is 0 Å². The van der Waals surface area contributed by atoms with E-state index in [-0.39, 0.29) is 5.91 Å². The molecule has 0 radical (unpaired) electrons. The molecule has 1 unspecified atom stereocenters. The van der Waals surface area contributed by atoms with Gasteiger partial charge in [-0.05, 0) is 55.3 Å². The Morgan fingerprint density at radius 1 is 1.39 bits per heavy atom. The number of H-pyrrole nitrogens is 1. The van der Waals surface area contributed by atoms with Gasteiger partial charge in [-0.15, -0.1) is 10.2 Å². The summed E-state index contributed by atoms with van der Waals surface area (Å²) in [6, 6.07) is 8.02. The summed E-state index contributed by atoms with van der Waals surface area (Å²) in [7, 11) is 0. The Bertz CT molecular complexity index is 625. The van der Waals surface area contributed by atoms with Gasteiger partial charge in [-0.25, -0.2) is 0 Å². The minimum absolute atomic E-state index is 0.0420. The molecule has 122 valence electrons. The summed E-state index contributed by atoms with van der Waals surface area (Å²) >= 11 is 0. The SMILES string of the molecule is CCCC1CCCN1CC(=O)Nc1ccc(-c2nn[nH]n2)cc1. The summed E-state index contributed by atoms with van der Waals surface area (Å²) < 4.78 is 0. The van der Waals surface area contributed by atoms with E-state index in [1.807, 2.05) is 24.3 Å². The molecule has 1 aromatic carbocycles. The van der Waals surface area contributed by atoms with Crippen LogP contribution in [0, 0.1) is 0 Å². The van der Waals surface area contributed by atoms with Crippen molar-refractivity contribution in [1.82, 2.24) is 25.5 Å². The Kier molecular flexibility index (Phi) is 4.97. The lowest BCUT2D eigenvalue weighted by molar-refractivity contribution is -0.117. The van der Waals surface area contributed by atoms with Crippen LogP contribution in [0.5, 0.6) is 0 Å². The predicted molar refractivity (Wildman–Crippen MR) is 87.7 cm³/mol. The highest BCUT2D eigenvalue weighted by Crippen LogP contribution is 2.21. The molecule has 2 heterocycles. The second-order valence-electron chi connectivity index (χ2n) is 5.92. The quantitative estimate of drug-likeness (QED) is 0.852. The van der Waals surface area contributed by atoms with Gasteiger partial charge in [0.2, 0.25) is 11.7 Å². The van der Waals surface area contributed by atoms with Crippen LogP contribution in [-0.4, -0.2) is 50.6 Å². The van der Waals surface area contributed by atoms with Crippen LogP contribution in [0.3, 0.4) is 0 Å². The van der Waals surface area contributed by atoms with Crippen LogP contribution in [0.15, 0.2) is 24.3 Å². The van der Waals surface area contributed by atoms with Crippen molar-refractivity contribution >= 4 is 11.6 Å². The summed E-state index contributed by atoms with van der Waals surface area (Å²) in [6.45, 7) is 3.69. The first kappa shape index (κ1) is 15.6. The number of tetrazole rings is 1. The molecule has 1 atom stereocenters. The van der Waals surface area contributed by atoms with Crippen molar-refractivity contribution in [1.29, 1.82) is 0 Å². The van der Waals surface area contributed by atoms with E-state index in [1.165, 1.54) is 25.7 Å². The molecule has 0 saturated carbocycles. The van der Waals surface area contributed by atoms with Gasteiger partial charge in [-0.2, -0.15) is 5.21 Å². The zero-order valence-corrected chi connectivity index (χ0v) is 13.3. The second kappa shape index (κ2) is 7.32. The van der Waals surface area contributed by atoms with Gasteiger partial charge in [0.15, 0.2) is 0 Å². The van der Waals surface area contributed by atoms with Gasteiger partial charge >= 0.3 is 0 Å². The van der Waals surface area contributed by atoms with E-state index >= 15 is 0 Å². The highest BCUT2D eigenvalue weighted by molar-refractivity contribution is 5.92. The van der Waals surface area contributed by atoms with E-state index < -0.39 is 0 Å². The molecule has 1 aromatic heterocycles. The van der Waals surface area contributed by atoms with Crippen LogP contribution in [0.1, 0.15) is 32.6 Å². The minimum atomic E-state index is 0.0420. The van der Waals surface area contributed by atoms with Gasteiger partial charge in [0.05, 0.1) is 6.54 Å². The maximum Gasteiger partial charge on any atom is 0.238 e. The summed E-state index contributed by atoms with van der Waals surface area (Å²) in [5.41, 5.74) is 1.65. The molecule has 2 N–H and O–H groups in total. The third kappa shape index (κ3) is 3.92. The molecule has 0 spiro atoms. The van der Waals surface area contributed by atoms with Crippen LogP contribution >= 0.6 is 0 Å². The van der Waals surface area contributed by atoms with Crippen LogP contribution in [0.25, 0.3) is 11.4 Å². The first-order valence-corrected chi connectivity index (χ1v) is 8.14. The van der Waals surface area contributed by atoms with Crippen LogP contribution in [0.4, 0.5) is 5.69 Å². The Labute approximate surface area is 135 Å². The number of rotatable bonds is 6. The van der Waals surface area contributed by atoms with E-state index in [0.29, 0.717) is 18.4 Å². The van der Waals surface area contributed by atoms with Crippen molar-refractivity contribution in [2.75, 3.05) is 18.4 Å². The number of carbonyl (C=O) groups is 1. The molecular weight excluding hydrogens is 292 g/mol. The smallest absolute Gasteiger partial charge is 0.238 e. The third-order valence-corrected chi connectivity index (χ3v) is 4.24. The topological polar surface area (TPSA) is 86.8 Å². The highest BCUT2D eigenvalue weighted by Gasteiger charge is 2.25. The van der Waals surface area contributed by atoms with E-state index in [2.05, 4.69) is 37.8 Å². The lowest BCUT2D eigenvalue weighted by Gasteiger charge is -2.23. The molecule has 2 aromatic rings. The first-order valence-electron chi connectivity index (χ1n) is 8.14. The van der Waals surface area contributed by atoms with Crippen LogP contribution in [-0.2, 0) is 4.79 Å². The van der Waals surface area contributed by atoms with Crippen molar-refractivity contribution in [3.63, 3.8) is 0 Å². The molecule has 1 amide bonds. The number of aromatic amines is 1. The van der Waals surface area contributed by atoms with Gasteiger partial charge in [0.1, 0.15) is 0 Å². The van der Waals surface area contributed by atoms with Gasteiger partial charge in [0, 0.05) is 17.3 Å². The number of amides is 1. The molecule has 0 bridgehead atoms. The Morgan fingerprint density at radius 2 is 2.22 bits per heavy atom. The largest absolute Gasteiger partial charge is 0.325 e. The van der Waals surface area contributed by atoms with Gasteiger partial charge in [-0.1, -0.05) is 13.3 Å². The maximum atomic E-state index is 12.2. The Hall–Kier alpha value is -2.28. The fourth-order valence-electron chi connectivity index (χ4n) is 3.14. The molecule has 1 aliphatic heterocycles. The molecule has 1 fully saturated rings. The number of anilines is 1. The number of hydrogen-bond donors (Lipinski definition) is 2. The van der Waals surface area contributed by atoms with Gasteiger partial charge in [-0.3, -0.25) is 9.69 Å². The lowest BCUT2D eigenvalue weighted by atomic mass is 10.1. The highest BCUT2D eigenvalue weighted by atomic mass is 16.2. The van der Waals surface area contributed by atoms with Crippen molar-refractivity contribution in [2.24, 2.45) is 0 Å². The standard InChI is InChI=1S/C16H22N6O/c1-2-4-14-5-3-10-22(14)11-15(23)17-13-8-6-12(7-9-13)16-18-20-21-19-16/h6-9,14H,2-5,10-11H2,1H3,(H,17,23)(H,18,19,20,21). The predicted octanol–water partition coefficient (Wildman–Crippen LogP) is 2.07. The molecule has 23 heavy (non-hydrogen) atoms. The van der Waals surface area contributed by atoms with E-state index in [1.54, 1.807) is 0 Å². The fourth-order valence-corrected chi connectivity index (χ4v) is 3.14. The molecular formula is C16H22N6O. The number of carbonyl (C=O) groups excluding carboxylic acids is 1. The van der Waals surface area contributed by atoms with Crippen LogP contribution < -0.4 is 5.32 Å². The minimum Gasteiger partial charge on any atom is -0.325 e. The normalized spacial score (nSPS) is 18.2. The van der Waals surface area contributed by atoms with Crippen molar-refractivity contribution in [2.45, 2.75) is 38.6 Å². The zero-order chi connectivity index (χ0) is 16.1. The van der Waals surface area contributed by atoms with Gasteiger partial charge < -0.3 is 5.32 Å². The first-order chi connectivity index (χ1) is 11.3. The summed E-state index contributed by atoms with van der Waals surface area (Å²) in [4.78, 5) is 14.5. The summed E-state index contributed by atoms with van der Waals surface area (Å²) in [6.07, 6.45) is 4.74. The van der Waals surface area contributed by atoms with Crippen molar-refractivity contribution < 1.29 is 4.79 Å². The molecule has 0 aliphatic carbocycles. The number of hydrogen-bond acceptors (Lipinski definition) is 5. The van der Waals surface area contributed by atoms with Crippen molar-refractivity contribution in [3.8, 4) is 11.4 Å². The number of likely N-dealkylation sites (tertiary alicyclic amines) is 1. The van der Waals surface area contributed by atoms with Crippen LogP contribution in [0.2, 0.25) is 0 Å². The molecule has 7 nitrogen and oxygen atoms in total. The Morgan fingerprint density at radius 3 is 2.91 bits per heavy atom. The maximum absolute atomic E-state index is 12.2. The third-order valence-electron chi connectivity index (χ3n) is 4.24. The number of nitrogens with one attached hydrogen (secondary N) is 2. The average Bonchev–Trinajstić information content (AvgIpc) is 3.21. The average molecular weight is 314 g/mol. The second-order valence-corrected chi connectivity index (χ2v) is 5.92. The van der Waals surface area contributed by atoms with E-state index in [9.17, 15) is 4.79 Å². The Balaban J connectivity index is 1.55. The summed E-state index contributed by atoms with van der Waals surface area (Å²) in [5.74, 6) is 0.586. The zero-order valence-electron chi connectivity index (χ0n) is 13.3. The number of aromatic nitrogens is 4. The molecule has 1 saturated heterocycles. The molecule has 1 aliphatic rings. The fraction of sp³-hybridized carbons (Fsp3) is 0.500. The van der Waals surface area contributed by atoms with E-state index in [4.69, 9.17) is 0 Å². The summed E-state index contributed by atoms with van der Waals surface area (Å²) in [5, 5.41) is 16.8.